The maximum Gasteiger partial charge on any atom is 0.231 e. The standard InChI is InChI=1S/C17H23N5O2/c1-24-15-6-4-13(5-7-15)9-22-17(19-12-20-22)14-3-2-8-21(10-14)11-16(18)23/h4-7,12,14H,2-3,8-11H2,1H3,(H2,18,23). The van der Waals surface area contributed by atoms with Crippen LogP contribution < -0.4 is 10.5 Å². The quantitative estimate of drug-likeness (QED) is 0.854. The molecule has 0 radical (unpaired) electrons. The minimum Gasteiger partial charge on any atom is -0.497 e. The molecule has 0 bridgehead atoms. The van der Waals surface area contributed by atoms with Crippen molar-refractivity contribution in [3.05, 3.63) is 42.0 Å². The number of nitrogens with two attached hydrogens (primary N) is 1. The number of primary amides is 1. The second-order valence-corrected chi connectivity index (χ2v) is 6.16. The third kappa shape index (κ3) is 3.91. The van der Waals surface area contributed by atoms with Gasteiger partial charge in [0.1, 0.15) is 17.9 Å². The molecular weight excluding hydrogens is 306 g/mol. The predicted octanol–water partition coefficient (Wildman–Crippen LogP) is 1.000. The summed E-state index contributed by atoms with van der Waals surface area (Å²) in [7, 11) is 1.66. The first-order valence-electron chi connectivity index (χ1n) is 8.17. The Morgan fingerprint density at radius 3 is 2.88 bits per heavy atom. The first kappa shape index (κ1) is 16.4. The van der Waals surface area contributed by atoms with Crippen LogP contribution in [0.4, 0.5) is 0 Å². The lowest BCUT2D eigenvalue weighted by Crippen LogP contribution is -2.40. The van der Waals surface area contributed by atoms with Gasteiger partial charge >= 0.3 is 0 Å². The molecule has 0 aliphatic carbocycles. The molecular formula is C17H23N5O2. The number of carbonyl (C=O) groups is 1. The molecule has 1 fully saturated rings. The van der Waals surface area contributed by atoms with Gasteiger partial charge in [-0.25, -0.2) is 9.67 Å². The lowest BCUT2D eigenvalue weighted by atomic mass is 9.97. The first-order valence-corrected chi connectivity index (χ1v) is 8.17. The van der Waals surface area contributed by atoms with E-state index < -0.39 is 0 Å². The highest BCUT2D eigenvalue weighted by molar-refractivity contribution is 5.75. The molecule has 1 saturated heterocycles. The van der Waals surface area contributed by atoms with Crippen LogP contribution in [0.15, 0.2) is 30.6 Å². The number of hydrogen-bond acceptors (Lipinski definition) is 5. The van der Waals surface area contributed by atoms with Gasteiger partial charge in [0, 0.05) is 12.5 Å². The Morgan fingerprint density at radius 1 is 1.38 bits per heavy atom. The van der Waals surface area contributed by atoms with E-state index in [9.17, 15) is 4.79 Å². The van der Waals surface area contributed by atoms with Crippen molar-refractivity contribution < 1.29 is 9.53 Å². The van der Waals surface area contributed by atoms with Gasteiger partial charge in [-0.05, 0) is 37.1 Å². The zero-order valence-electron chi connectivity index (χ0n) is 13.9. The highest BCUT2D eigenvalue weighted by Gasteiger charge is 2.25. The van der Waals surface area contributed by atoms with Crippen molar-refractivity contribution in [3.8, 4) is 5.75 Å². The second kappa shape index (κ2) is 7.44. The summed E-state index contributed by atoms with van der Waals surface area (Å²) in [6.45, 7) is 2.69. The number of piperidine rings is 1. The van der Waals surface area contributed by atoms with Crippen molar-refractivity contribution >= 4 is 5.91 Å². The number of methoxy groups -OCH3 is 1. The third-order valence-corrected chi connectivity index (χ3v) is 4.39. The Morgan fingerprint density at radius 2 is 2.17 bits per heavy atom. The van der Waals surface area contributed by atoms with Crippen molar-refractivity contribution in [1.29, 1.82) is 0 Å². The fourth-order valence-electron chi connectivity index (χ4n) is 3.25. The monoisotopic (exact) mass is 329 g/mol. The average molecular weight is 329 g/mol. The largest absolute Gasteiger partial charge is 0.497 e. The topological polar surface area (TPSA) is 86.3 Å². The molecule has 7 nitrogen and oxygen atoms in total. The van der Waals surface area contributed by atoms with Gasteiger partial charge in [-0.3, -0.25) is 9.69 Å². The molecule has 0 saturated carbocycles. The van der Waals surface area contributed by atoms with Crippen LogP contribution >= 0.6 is 0 Å². The van der Waals surface area contributed by atoms with Crippen LogP contribution in [0.2, 0.25) is 0 Å². The van der Waals surface area contributed by atoms with Gasteiger partial charge in [0.2, 0.25) is 5.91 Å². The van der Waals surface area contributed by atoms with Gasteiger partial charge in [-0.15, -0.1) is 0 Å². The maximum absolute atomic E-state index is 11.2. The molecule has 0 spiro atoms. The number of rotatable bonds is 6. The van der Waals surface area contributed by atoms with Crippen LogP contribution in [0.5, 0.6) is 5.75 Å². The molecule has 7 heteroatoms. The van der Waals surface area contributed by atoms with E-state index in [1.165, 1.54) is 0 Å². The van der Waals surface area contributed by atoms with Gasteiger partial charge in [0.05, 0.1) is 20.2 Å². The molecule has 2 heterocycles. The third-order valence-electron chi connectivity index (χ3n) is 4.39. The average Bonchev–Trinajstić information content (AvgIpc) is 3.03. The number of carbonyl (C=O) groups excluding carboxylic acids is 1. The molecule has 1 aliphatic heterocycles. The van der Waals surface area contributed by atoms with Gasteiger partial charge in [0.15, 0.2) is 0 Å². The number of likely N-dealkylation sites (tertiary alicyclic amines) is 1. The molecule has 2 aromatic rings. The van der Waals surface area contributed by atoms with Crippen molar-refractivity contribution in [2.45, 2.75) is 25.3 Å². The first-order chi connectivity index (χ1) is 11.7. The van der Waals surface area contributed by atoms with E-state index in [2.05, 4.69) is 15.0 Å². The van der Waals surface area contributed by atoms with Gasteiger partial charge < -0.3 is 10.5 Å². The van der Waals surface area contributed by atoms with E-state index in [1.807, 2.05) is 28.9 Å². The molecule has 1 atom stereocenters. The predicted molar refractivity (Wildman–Crippen MR) is 89.7 cm³/mol. The fourth-order valence-corrected chi connectivity index (χ4v) is 3.25. The molecule has 1 aromatic heterocycles. The Hall–Kier alpha value is -2.41. The normalized spacial score (nSPS) is 18.5. The number of hydrogen-bond donors (Lipinski definition) is 1. The van der Waals surface area contributed by atoms with Gasteiger partial charge in [-0.1, -0.05) is 12.1 Å². The van der Waals surface area contributed by atoms with Crippen LogP contribution in [0.3, 0.4) is 0 Å². The SMILES string of the molecule is COc1ccc(Cn2ncnc2C2CCCN(CC(N)=O)C2)cc1. The molecule has 3 rings (SSSR count). The van der Waals surface area contributed by atoms with Crippen LogP contribution in [0.1, 0.15) is 30.1 Å². The molecule has 128 valence electrons. The van der Waals surface area contributed by atoms with Crippen LogP contribution in [-0.4, -0.2) is 52.3 Å². The lowest BCUT2D eigenvalue weighted by molar-refractivity contribution is -0.119. The minimum atomic E-state index is -0.282. The summed E-state index contributed by atoms with van der Waals surface area (Å²) in [5.74, 6) is 1.81. The van der Waals surface area contributed by atoms with Crippen LogP contribution in [0.25, 0.3) is 0 Å². The lowest BCUT2D eigenvalue weighted by Gasteiger charge is -2.31. The van der Waals surface area contributed by atoms with E-state index >= 15 is 0 Å². The molecule has 24 heavy (non-hydrogen) atoms. The Balaban J connectivity index is 1.71. The Labute approximate surface area is 141 Å². The van der Waals surface area contributed by atoms with Crippen LogP contribution in [0, 0.1) is 0 Å². The maximum atomic E-state index is 11.2. The Kier molecular flexibility index (Phi) is 5.10. The fraction of sp³-hybridized carbons (Fsp3) is 0.471. The zero-order chi connectivity index (χ0) is 16.9. The number of aromatic nitrogens is 3. The van der Waals surface area contributed by atoms with Crippen molar-refractivity contribution in [2.24, 2.45) is 5.73 Å². The summed E-state index contributed by atoms with van der Waals surface area (Å²) in [5.41, 5.74) is 6.46. The molecule has 1 unspecified atom stereocenters. The van der Waals surface area contributed by atoms with Gasteiger partial charge in [-0.2, -0.15) is 5.10 Å². The summed E-state index contributed by atoms with van der Waals surface area (Å²) in [5, 5.41) is 4.38. The van der Waals surface area contributed by atoms with Crippen molar-refractivity contribution in [1.82, 2.24) is 19.7 Å². The smallest absolute Gasteiger partial charge is 0.231 e. The van der Waals surface area contributed by atoms with Crippen molar-refractivity contribution in [3.63, 3.8) is 0 Å². The summed E-state index contributed by atoms with van der Waals surface area (Å²) in [6.07, 6.45) is 3.69. The van der Waals surface area contributed by atoms with Gasteiger partial charge in [0.25, 0.3) is 0 Å². The minimum absolute atomic E-state index is 0.277. The summed E-state index contributed by atoms with van der Waals surface area (Å²) in [6, 6.07) is 7.96. The number of benzene rings is 1. The van der Waals surface area contributed by atoms with E-state index in [1.54, 1.807) is 13.4 Å². The van der Waals surface area contributed by atoms with E-state index in [0.29, 0.717) is 13.1 Å². The summed E-state index contributed by atoms with van der Waals surface area (Å²) >= 11 is 0. The Bertz CT molecular complexity index is 683. The highest BCUT2D eigenvalue weighted by atomic mass is 16.5. The highest BCUT2D eigenvalue weighted by Crippen LogP contribution is 2.25. The zero-order valence-corrected chi connectivity index (χ0v) is 13.9. The van der Waals surface area contributed by atoms with E-state index in [0.717, 1.165) is 43.1 Å². The molecule has 1 aromatic carbocycles. The molecule has 1 aliphatic rings. The van der Waals surface area contributed by atoms with E-state index in [4.69, 9.17) is 10.5 Å². The van der Waals surface area contributed by atoms with E-state index in [-0.39, 0.29) is 11.8 Å². The van der Waals surface area contributed by atoms with Crippen molar-refractivity contribution in [2.75, 3.05) is 26.7 Å². The number of ether oxygens (including phenoxy) is 1. The van der Waals surface area contributed by atoms with Crippen LogP contribution in [-0.2, 0) is 11.3 Å². The number of nitrogens with zero attached hydrogens (tertiary/aromatic N) is 4. The summed E-state index contributed by atoms with van der Waals surface area (Å²) < 4.78 is 7.13. The molecule has 2 N–H and O–H groups in total. The summed E-state index contributed by atoms with van der Waals surface area (Å²) in [4.78, 5) is 17.7. The molecule has 1 amide bonds. The second-order valence-electron chi connectivity index (χ2n) is 6.16. The number of amides is 1.